The molecule has 162 valence electrons. The normalized spacial score (nSPS) is 13.4. The average Bonchev–Trinajstić information content (AvgIpc) is 2.71. The molecule has 0 spiro atoms. The van der Waals surface area contributed by atoms with Crippen LogP contribution < -0.4 is 5.32 Å². The zero-order valence-corrected chi connectivity index (χ0v) is 15.6. The molecule has 0 aromatic heterocycles. The highest BCUT2D eigenvalue weighted by Crippen LogP contribution is 2.36. The van der Waals surface area contributed by atoms with E-state index in [0.29, 0.717) is 6.07 Å². The van der Waals surface area contributed by atoms with Crippen LogP contribution in [0.4, 0.5) is 18.0 Å². The Hall–Kier alpha value is -3.11. The largest absolute Gasteiger partial charge is 0.478 e. The lowest BCUT2D eigenvalue weighted by Gasteiger charge is -2.22. The number of ether oxygens (including phenoxy) is 1. The highest BCUT2D eigenvalue weighted by molar-refractivity contribution is 5.88. The third-order valence-corrected chi connectivity index (χ3v) is 4.21. The van der Waals surface area contributed by atoms with Crippen LogP contribution in [0.25, 0.3) is 0 Å². The quantitative estimate of drug-likeness (QED) is 0.515. The first-order valence-electron chi connectivity index (χ1n) is 8.84. The number of hydrogen-bond acceptors (Lipinski definition) is 5. The van der Waals surface area contributed by atoms with Gasteiger partial charge in [-0.1, -0.05) is 36.4 Å². The number of carbonyl (C=O) groups is 2. The van der Waals surface area contributed by atoms with Gasteiger partial charge >= 0.3 is 18.2 Å². The van der Waals surface area contributed by atoms with Crippen LogP contribution in [0.2, 0.25) is 0 Å². The number of benzene rings is 2. The zero-order chi connectivity index (χ0) is 22.3. The summed E-state index contributed by atoms with van der Waals surface area (Å²) in [6, 6.07) is 11.0. The highest BCUT2D eigenvalue weighted by Gasteiger charge is 2.37. The molecule has 2 rings (SSSR count). The van der Waals surface area contributed by atoms with Crippen LogP contribution in [-0.2, 0) is 17.5 Å². The van der Waals surface area contributed by atoms with Gasteiger partial charge in [0.15, 0.2) is 0 Å². The monoisotopic (exact) mass is 427 g/mol. The van der Waals surface area contributed by atoms with Crippen LogP contribution in [0.3, 0.4) is 0 Å². The second-order valence-electron chi connectivity index (χ2n) is 6.39. The molecule has 0 saturated carbocycles. The third-order valence-electron chi connectivity index (χ3n) is 4.21. The molecule has 4 N–H and O–H groups in total. The number of amides is 1. The van der Waals surface area contributed by atoms with Gasteiger partial charge in [-0.3, -0.25) is 0 Å². The van der Waals surface area contributed by atoms with Crippen molar-refractivity contribution in [2.75, 3.05) is 6.54 Å². The molecule has 0 radical (unpaired) electrons. The Bertz CT molecular complexity index is 873. The maximum Gasteiger partial charge on any atom is 0.416 e. The molecule has 7 nitrogen and oxygen atoms in total. The van der Waals surface area contributed by atoms with Gasteiger partial charge in [0.25, 0.3) is 0 Å². The van der Waals surface area contributed by atoms with Gasteiger partial charge in [-0.05, 0) is 29.7 Å². The maximum absolute atomic E-state index is 13.2. The summed E-state index contributed by atoms with van der Waals surface area (Å²) in [6.45, 7) is -0.150. The fourth-order valence-electron chi connectivity index (χ4n) is 2.65. The van der Waals surface area contributed by atoms with E-state index in [4.69, 9.17) is 9.84 Å². The standard InChI is InChI=1S/C20H20F3NO6/c21-20(22,23)15-10-13(18(27)28)6-7-14(15)17(26)16(25)8-9-24-19(29)30-11-12-4-2-1-3-5-12/h1-7,10,16-17,25-26H,8-9,11H2,(H,24,29)(H,27,28). The average molecular weight is 427 g/mol. The van der Waals surface area contributed by atoms with E-state index in [1.165, 1.54) is 0 Å². The van der Waals surface area contributed by atoms with Gasteiger partial charge in [0, 0.05) is 6.54 Å². The van der Waals surface area contributed by atoms with Crippen LogP contribution in [-0.4, -0.2) is 40.0 Å². The maximum atomic E-state index is 13.2. The summed E-state index contributed by atoms with van der Waals surface area (Å²) in [5.41, 5.74) is -1.86. The number of carboxylic acids is 1. The molecule has 0 bridgehead atoms. The summed E-state index contributed by atoms with van der Waals surface area (Å²) in [5, 5.41) is 31.4. The van der Waals surface area contributed by atoms with E-state index in [0.717, 1.165) is 17.7 Å². The molecule has 2 aromatic carbocycles. The molecular formula is C20H20F3NO6. The Labute approximate surface area is 169 Å². The number of aromatic carboxylic acids is 1. The summed E-state index contributed by atoms with van der Waals surface area (Å²) >= 11 is 0. The Kier molecular flexibility index (Phi) is 7.79. The van der Waals surface area contributed by atoms with E-state index in [2.05, 4.69) is 5.32 Å². The molecule has 0 aliphatic heterocycles. The van der Waals surface area contributed by atoms with Gasteiger partial charge in [-0.25, -0.2) is 9.59 Å². The number of carboxylic acid groups (broad SMARTS) is 1. The van der Waals surface area contributed by atoms with E-state index in [9.17, 15) is 33.0 Å². The number of rotatable bonds is 8. The number of aliphatic hydroxyl groups is 2. The minimum Gasteiger partial charge on any atom is -0.478 e. The first kappa shape index (κ1) is 23.2. The van der Waals surface area contributed by atoms with Crippen molar-refractivity contribution in [1.82, 2.24) is 5.32 Å². The second kappa shape index (κ2) is 10.1. The molecule has 2 atom stereocenters. The van der Waals surface area contributed by atoms with E-state index in [1.807, 2.05) is 0 Å². The van der Waals surface area contributed by atoms with Crippen molar-refractivity contribution >= 4 is 12.1 Å². The van der Waals surface area contributed by atoms with Crippen molar-refractivity contribution in [1.29, 1.82) is 0 Å². The van der Waals surface area contributed by atoms with Gasteiger partial charge in [0.1, 0.15) is 12.7 Å². The Balaban J connectivity index is 1.93. The van der Waals surface area contributed by atoms with Gasteiger partial charge < -0.3 is 25.4 Å². The van der Waals surface area contributed by atoms with Crippen molar-refractivity contribution in [2.24, 2.45) is 0 Å². The van der Waals surface area contributed by atoms with Crippen LogP contribution >= 0.6 is 0 Å². The summed E-state index contributed by atoms with van der Waals surface area (Å²) in [7, 11) is 0. The van der Waals surface area contributed by atoms with Crippen LogP contribution in [0, 0.1) is 0 Å². The minimum absolute atomic E-state index is 0.0166. The lowest BCUT2D eigenvalue weighted by molar-refractivity contribution is -0.140. The number of alkyl carbamates (subject to hydrolysis) is 1. The van der Waals surface area contributed by atoms with Gasteiger partial charge in [0.05, 0.1) is 17.2 Å². The van der Waals surface area contributed by atoms with Crippen molar-refractivity contribution in [3.8, 4) is 0 Å². The molecule has 0 aliphatic rings. The van der Waals surface area contributed by atoms with E-state index < -0.39 is 47.1 Å². The molecule has 0 heterocycles. The number of hydrogen-bond donors (Lipinski definition) is 4. The van der Waals surface area contributed by atoms with E-state index >= 15 is 0 Å². The Morgan fingerprint density at radius 2 is 1.73 bits per heavy atom. The summed E-state index contributed by atoms with van der Waals surface area (Å²) in [5.74, 6) is -1.56. The SMILES string of the molecule is O=C(NCCC(O)C(O)c1ccc(C(=O)O)cc1C(F)(F)F)OCc1ccccc1. The number of alkyl halides is 3. The topological polar surface area (TPSA) is 116 Å². The predicted octanol–water partition coefficient (Wildman–Crippen LogP) is 3.11. The summed E-state index contributed by atoms with van der Waals surface area (Å²) in [4.78, 5) is 22.6. The lowest BCUT2D eigenvalue weighted by atomic mass is 9.95. The van der Waals surface area contributed by atoms with Crippen molar-refractivity contribution < 1.29 is 42.8 Å². The van der Waals surface area contributed by atoms with Crippen LogP contribution in [0.1, 0.15) is 39.6 Å². The zero-order valence-electron chi connectivity index (χ0n) is 15.6. The molecule has 0 saturated heterocycles. The molecular weight excluding hydrogens is 407 g/mol. The molecule has 2 aromatic rings. The smallest absolute Gasteiger partial charge is 0.416 e. The van der Waals surface area contributed by atoms with E-state index in [1.54, 1.807) is 30.3 Å². The predicted molar refractivity (Wildman–Crippen MR) is 98.6 cm³/mol. The fourth-order valence-corrected chi connectivity index (χ4v) is 2.65. The van der Waals surface area contributed by atoms with Gasteiger partial charge in [-0.2, -0.15) is 13.2 Å². The minimum atomic E-state index is -4.93. The first-order valence-corrected chi connectivity index (χ1v) is 8.84. The third kappa shape index (κ3) is 6.46. The second-order valence-corrected chi connectivity index (χ2v) is 6.39. The van der Waals surface area contributed by atoms with Gasteiger partial charge in [0.2, 0.25) is 0 Å². The van der Waals surface area contributed by atoms with E-state index in [-0.39, 0.29) is 19.6 Å². The first-order chi connectivity index (χ1) is 14.1. The van der Waals surface area contributed by atoms with Crippen LogP contribution in [0.5, 0.6) is 0 Å². The number of halogens is 3. The molecule has 2 unspecified atom stereocenters. The summed E-state index contributed by atoms with van der Waals surface area (Å²) < 4.78 is 44.7. The molecule has 0 aliphatic carbocycles. The summed E-state index contributed by atoms with van der Waals surface area (Å²) in [6.07, 6.45) is -9.56. The van der Waals surface area contributed by atoms with Crippen LogP contribution in [0.15, 0.2) is 48.5 Å². The van der Waals surface area contributed by atoms with Crippen molar-refractivity contribution in [3.63, 3.8) is 0 Å². The molecule has 10 heteroatoms. The van der Waals surface area contributed by atoms with Gasteiger partial charge in [-0.15, -0.1) is 0 Å². The Morgan fingerprint density at radius 3 is 2.33 bits per heavy atom. The number of nitrogens with one attached hydrogen (secondary N) is 1. The van der Waals surface area contributed by atoms with Crippen molar-refractivity contribution in [2.45, 2.75) is 31.4 Å². The lowest BCUT2D eigenvalue weighted by Crippen LogP contribution is -2.30. The number of carbonyl (C=O) groups excluding carboxylic acids is 1. The molecule has 30 heavy (non-hydrogen) atoms. The Morgan fingerprint density at radius 1 is 1.07 bits per heavy atom. The molecule has 0 fully saturated rings. The fraction of sp³-hybridized carbons (Fsp3) is 0.300. The molecule has 1 amide bonds. The van der Waals surface area contributed by atoms with Crippen molar-refractivity contribution in [3.05, 3.63) is 70.8 Å². The number of aliphatic hydroxyl groups excluding tert-OH is 2. The highest BCUT2D eigenvalue weighted by atomic mass is 19.4.